The molecular weight excluding hydrogens is 623 g/mol. The molecule has 1 nitrogen and oxygen atoms in total. The summed E-state index contributed by atoms with van der Waals surface area (Å²) in [6.45, 7) is 0. The van der Waals surface area contributed by atoms with E-state index in [4.69, 9.17) is 0 Å². The Morgan fingerprint density at radius 3 is 1.58 bits per heavy atom. The van der Waals surface area contributed by atoms with Gasteiger partial charge in [-0.15, -0.1) is 0 Å². The van der Waals surface area contributed by atoms with Crippen LogP contribution in [0.15, 0.2) is 176 Å². The van der Waals surface area contributed by atoms with E-state index in [0.29, 0.717) is 0 Å². The van der Waals surface area contributed by atoms with E-state index >= 15 is 0 Å². The molecule has 212 valence electrons. The summed E-state index contributed by atoms with van der Waals surface area (Å²) in [5.41, 5.74) is 3.68. The molecular formula is C42H29GeNS. The normalized spacial score (nSPS) is 12.0. The summed E-state index contributed by atoms with van der Waals surface area (Å²) in [4.78, 5) is 0. The Balaban J connectivity index is 1.42. The van der Waals surface area contributed by atoms with Crippen molar-refractivity contribution in [2.75, 3.05) is 0 Å². The third kappa shape index (κ3) is 3.99. The molecule has 3 heteroatoms. The van der Waals surface area contributed by atoms with Crippen LogP contribution in [0.4, 0.5) is 0 Å². The molecule has 9 rings (SSSR count). The Bertz CT molecular complexity index is 2400. The average molecular weight is 652 g/mol. The van der Waals surface area contributed by atoms with Gasteiger partial charge in [-0.3, -0.25) is 0 Å². The zero-order chi connectivity index (χ0) is 29.8. The van der Waals surface area contributed by atoms with Crippen LogP contribution in [0.25, 0.3) is 47.7 Å². The molecule has 45 heavy (non-hydrogen) atoms. The third-order valence-corrected chi connectivity index (χ3v) is 21.0. The second-order valence-corrected chi connectivity index (χ2v) is 20.6. The molecule has 0 N–H and O–H groups in total. The first-order valence-electron chi connectivity index (χ1n) is 15.4. The summed E-state index contributed by atoms with van der Waals surface area (Å²) >= 11 is -1.65. The molecule has 0 atom stereocenters. The molecule has 0 amide bonds. The molecule has 0 aliphatic rings. The van der Waals surface area contributed by atoms with Gasteiger partial charge >= 0.3 is 270 Å². The molecule has 0 spiro atoms. The number of hydrogen-bond donors (Lipinski definition) is 0. The fraction of sp³-hybridized carbons (Fsp3) is 0. The molecule has 0 radical (unpaired) electrons. The van der Waals surface area contributed by atoms with E-state index in [1.54, 1.807) is 0 Å². The van der Waals surface area contributed by atoms with E-state index in [2.05, 4.69) is 180 Å². The number of fused-ring (bicyclic) bond motifs is 6. The Morgan fingerprint density at radius 2 is 0.911 bits per heavy atom. The minimum absolute atomic E-state index is 1.20. The maximum absolute atomic E-state index is 3.60. The zero-order valence-corrected chi connectivity index (χ0v) is 27.5. The summed E-state index contributed by atoms with van der Waals surface area (Å²) in [5.74, 6) is 0. The Kier molecular flexibility index (Phi) is 6.26. The molecule has 2 heterocycles. The predicted octanol–water partition coefficient (Wildman–Crippen LogP) is 8.53. The SMILES string of the molecule is c1cc[c]([Ge]([c]2ccccc2)([c]2cccc(-n3c4ccccc4c4ccccc43)c2)[c]2cccc3c2sc2ccccc23)cc1. The van der Waals surface area contributed by atoms with E-state index in [-0.39, 0.29) is 0 Å². The first kappa shape index (κ1) is 26.5. The van der Waals surface area contributed by atoms with Crippen LogP contribution in [0.3, 0.4) is 0 Å². The van der Waals surface area contributed by atoms with E-state index in [1.807, 2.05) is 11.3 Å². The number of para-hydroxylation sites is 2. The third-order valence-electron chi connectivity index (χ3n) is 9.34. The fourth-order valence-electron chi connectivity index (χ4n) is 7.46. The average Bonchev–Trinajstić information content (AvgIpc) is 3.66. The summed E-state index contributed by atoms with van der Waals surface area (Å²) in [6, 6.07) is 65.7. The minimum atomic E-state index is -3.60. The van der Waals surface area contributed by atoms with Crippen LogP contribution >= 0.6 is 11.3 Å². The second-order valence-electron chi connectivity index (χ2n) is 11.7. The molecule has 0 saturated carbocycles. The van der Waals surface area contributed by atoms with Crippen molar-refractivity contribution >= 4 is 84.2 Å². The van der Waals surface area contributed by atoms with Crippen molar-refractivity contribution in [1.82, 2.24) is 4.57 Å². The molecule has 2 aromatic heterocycles. The van der Waals surface area contributed by atoms with Gasteiger partial charge in [-0.25, -0.2) is 0 Å². The Hall–Kier alpha value is -4.90. The van der Waals surface area contributed by atoms with Crippen molar-refractivity contribution < 1.29 is 0 Å². The molecule has 0 saturated heterocycles. The van der Waals surface area contributed by atoms with Gasteiger partial charge in [0.15, 0.2) is 0 Å². The summed E-state index contributed by atoms with van der Waals surface area (Å²) in [6.07, 6.45) is 0. The number of aromatic nitrogens is 1. The van der Waals surface area contributed by atoms with E-state index < -0.39 is 13.3 Å². The summed E-state index contributed by atoms with van der Waals surface area (Å²) in [5, 5.41) is 5.27. The van der Waals surface area contributed by atoms with Crippen LogP contribution < -0.4 is 17.6 Å². The van der Waals surface area contributed by atoms with Gasteiger partial charge in [0.2, 0.25) is 0 Å². The molecule has 0 aliphatic heterocycles. The maximum atomic E-state index is 2.50. The van der Waals surface area contributed by atoms with Gasteiger partial charge in [-0.1, -0.05) is 0 Å². The Morgan fingerprint density at radius 1 is 0.400 bits per heavy atom. The van der Waals surface area contributed by atoms with Crippen molar-refractivity contribution in [2.45, 2.75) is 0 Å². The second kappa shape index (κ2) is 10.6. The fourth-order valence-corrected chi connectivity index (χ4v) is 19.9. The number of thiophene rings is 1. The Labute approximate surface area is 269 Å². The van der Waals surface area contributed by atoms with Gasteiger partial charge < -0.3 is 0 Å². The van der Waals surface area contributed by atoms with E-state index in [9.17, 15) is 0 Å². The van der Waals surface area contributed by atoms with Gasteiger partial charge in [0, 0.05) is 0 Å². The number of rotatable bonds is 5. The van der Waals surface area contributed by atoms with E-state index in [1.165, 1.54) is 65.2 Å². The van der Waals surface area contributed by atoms with Gasteiger partial charge in [0.05, 0.1) is 0 Å². The molecule has 9 aromatic rings. The quantitative estimate of drug-likeness (QED) is 0.164. The standard InChI is InChI=1S/C42H29GeNS/c1-3-15-30(16-4-1)43(31-17-5-2-6-18-31,38-25-14-24-37-36-23-9-12-28-41(36)45-42(37)38)32-19-13-20-33(29-32)44-39-26-10-7-21-34(39)35-22-8-11-27-40(35)44/h1-29H. The van der Waals surface area contributed by atoms with Crippen LogP contribution in [0.1, 0.15) is 0 Å². The van der Waals surface area contributed by atoms with Gasteiger partial charge in [-0.2, -0.15) is 0 Å². The summed E-state index contributed by atoms with van der Waals surface area (Å²) in [7, 11) is 0. The van der Waals surface area contributed by atoms with E-state index in [0.717, 1.165) is 0 Å². The van der Waals surface area contributed by atoms with Crippen LogP contribution in [-0.2, 0) is 0 Å². The molecule has 0 bridgehead atoms. The first-order valence-corrected chi connectivity index (χ1v) is 20.5. The van der Waals surface area contributed by atoms with Crippen LogP contribution in [0, 0.1) is 0 Å². The first-order chi connectivity index (χ1) is 22.3. The van der Waals surface area contributed by atoms with Crippen LogP contribution in [0.5, 0.6) is 0 Å². The summed E-state index contributed by atoms with van der Waals surface area (Å²) < 4.78 is 11.0. The topological polar surface area (TPSA) is 4.93 Å². The van der Waals surface area contributed by atoms with Gasteiger partial charge in [-0.05, 0) is 0 Å². The van der Waals surface area contributed by atoms with Crippen LogP contribution in [-0.4, -0.2) is 17.8 Å². The molecule has 7 aromatic carbocycles. The monoisotopic (exact) mass is 653 g/mol. The number of hydrogen-bond acceptors (Lipinski definition) is 1. The zero-order valence-electron chi connectivity index (χ0n) is 24.6. The van der Waals surface area contributed by atoms with Crippen molar-refractivity contribution in [1.29, 1.82) is 0 Å². The van der Waals surface area contributed by atoms with Crippen molar-refractivity contribution in [3.63, 3.8) is 0 Å². The predicted molar refractivity (Wildman–Crippen MR) is 197 cm³/mol. The van der Waals surface area contributed by atoms with Crippen LogP contribution in [0.2, 0.25) is 0 Å². The molecule has 0 aliphatic carbocycles. The van der Waals surface area contributed by atoms with Crippen molar-refractivity contribution in [2.24, 2.45) is 0 Å². The van der Waals surface area contributed by atoms with Crippen molar-refractivity contribution in [3.8, 4) is 5.69 Å². The van der Waals surface area contributed by atoms with Crippen molar-refractivity contribution in [3.05, 3.63) is 176 Å². The van der Waals surface area contributed by atoms with Gasteiger partial charge in [0.1, 0.15) is 0 Å². The number of nitrogens with zero attached hydrogens (tertiary/aromatic N) is 1. The number of benzene rings is 7. The molecule has 0 unspecified atom stereocenters. The van der Waals surface area contributed by atoms with Gasteiger partial charge in [0.25, 0.3) is 0 Å². The molecule has 0 fully saturated rings.